The molecule has 14 heteroatoms. The van der Waals surface area contributed by atoms with Gasteiger partial charge in [0.2, 0.25) is 5.91 Å². The SMILES string of the molecule is Cc1ccc2cccc(OCc3c(Cl)ccc(N(C)C(=O)CNC(=O)Nc4cccc(C(=O)N(C)CCCN(C)C)c4)c3Cl)c2n1.Cl.Cl. The molecule has 0 radical (unpaired) electrons. The molecule has 4 amide bonds. The number of hydrogen-bond acceptors (Lipinski definition) is 6. The van der Waals surface area contributed by atoms with Crippen LogP contribution in [0.3, 0.4) is 0 Å². The highest BCUT2D eigenvalue weighted by atomic mass is 35.5. The summed E-state index contributed by atoms with van der Waals surface area (Å²) in [4.78, 5) is 48.2. The molecule has 0 aliphatic carbocycles. The maximum atomic E-state index is 13.1. The molecule has 0 unspecified atom stereocenters. The number of aromatic nitrogens is 1. The Hall–Kier alpha value is -3.80. The lowest BCUT2D eigenvalue weighted by atomic mass is 10.1. The van der Waals surface area contributed by atoms with Gasteiger partial charge in [-0.25, -0.2) is 9.78 Å². The van der Waals surface area contributed by atoms with E-state index in [0.29, 0.717) is 39.8 Å². The number of aryl methyl sites for hydroxylation is 1. The van der Waals surface area contributed by atoms with Crippen LogP contribution in [-0.2, 0) is 11.4 Å². The molecule has 0 fully saturated rings. The Balaban J connectivity index is 0.00000400. The molecule has 4 rings (SSSR count). The van der Waals surface area contributed by atoms with Crippen LogP contribution in [0, 0.1) is 6.92 Å². The van der Waals surface area contributed by atoms with Gasteiger partial charge in [0.1, 0.15) is 17.9 Å². The van der Waals surface area contributed by atoms with Gasteiger partial charge < -0.3 is 30.1 Å². The second-order valence-corrected chi connectivity index (χ2v) is 11.9. The van der Waals surface area contributed by atoms with Crippen molar-refractivity contribution in [3.05, 3.63) is 93.6 Å². The van der Waals surface area contributed by atoms with E-state index in [9.17, 15) is 14.4 Å². The number of pyridine rings is 1. The molecule has 0 saturated heterocycles. The minimum Gasteiger partial charge on any atom is -0.487 e. The molecule has 0 aliphatic rings. The largest absolute Gasteiger partial charge is 0.487 e. The number of nitrogens with one attached hydrogen (secondary N) is 2. The van der Waals surface area contributed by atoms with Gasteiger partial charge in [0.15, 0.2) is 0 Å². The molecule has 0 aliphatic heterocycles. The van der Waals surface area contributed by atoms with Gasteiger partial charge in [-0.1, -0.05) is 47.5 Å². The van der Waals surface area contributed by atoms with E-state index < -0.39 is 11.9 Å². The lowest BCUT2D eigenvalue weighted by Gasteiger charge is -2.21. The molecular weight excluding hydrogens is 698 g/mol. The molecule has 1 heterocycles. The maximum Gasteiger partial charge on any atom is 0.319 e. The summed E-state index contributed by atoms with van der Waals surface area (Å²) in [6, 6.07) is 18.9. The van der Waals surface area contributed by atoms with E-state index in [4.69, 9.17) is 27.9 Å². The summed E-state index contributed by atoms with van der Waals surface area (Å²) in [7, 11) is 7.28. The number of anilines is 2. The van der Waals surface area contributed by atoms with Crippen LogP contribution in [0.2, 0.25) is 10.0 Å². The maximum absolute atomic E-state index is 13.1. The number of hydrogen-bond donors (Lipinski definition) is 2. The number of rotatable bonds is 12. The number of amides is 4. The zero-order chi connectivity index (χ0) is 33.4. The summed E-state index contributed by atoms with van der Waals surface area (Å²) in [6.45, 7) is 3.14. The third-order valence-electron chi connectivity index (χ3n) is 7.31. The molecule has 258 valence electrons. The molecule has 2 N–H and O–H groups in total. The monoisotopic (exact) mass is 736 g/mol. The standard InChI is InChI=1S/C34H38Cl2N6O4.2ClH/c1-22-13-14-23-9-7-12-29(32(23)38-22)46-21-26-27(35)15-16-28(31(26)36)42(5)30(43)20-37-34(45)39-25-11-6-10-24(19-25)33(44)41(4)18-8-17-40(2)3;;/h6-7,9-16,19H,8,17-18,20-21H2,1-5H3,(H2,37,39,45);2*1H. The fourth-order valence-corrected chi connectivity index (χ4v) is 5.33. The number of urea groups is 1. The average Bonchev–Trinajstić information content (AvgIpc) is 3.02. The van der Waals surface area contributed by atoms with Crippen molar-refractivity contribution in [2.45, 2.75) is 20.0 Å². The van der Waals surface area contributed by atoms with Gasteiger partial charge in [0.25, 0.3) is 5.91 Å². The van der Waals surface area contributed by atoms with Crippen molar-refractivity contribution in [3.8, 4) is 5.75 Å². The number of para-hydroxylation sites is 1. The number of nitrogens with zero attached hydrogens (tertiary/aromatic N) is 4. The van der Waals surface area contributed by atoms with Gasteiger partial charge in [-0.05, 0) is 76.4 Å². The molecule has 3 aromatic carbocycles. The number of halogens is 4. The second-order valence-electron chi connectivity index (χ2n) is 11.2. The number of ether oxygens (including phenoxy) is 1. The fourth-order valence-electron chi connectivity index (χ4n) is 4.72. The lowest BCUT2D eigenvalue weighted by Crippen LogP contribution is -2.40. The summed E-state index contributed by atoms with van der Waals surface area (Å²) >= 11 is 13.2. The third-order valence-corrected chi connectivity index (χ3v) is 8.08. The first-order valence-corrected chi connectivity index (χ1v) is 15.5. The first kappa shape index (κ1) is 40.4. The second kappa shape index (κ2) is 18.7. The molecule has 0 bridgehead atoms. The summed E-state index contributed by atoms with van der Waals surface area (Å²) in [5.74, 6) is 0.0247. The minimum absolute atomic E-state index is 0. The van der Waals surface area contributed by atoms with Gasteiger partial charge in [0, 0.05) is 53.6 Å². The van der Waals surface area contributed by atoms with Crippen LogP contribution in [-0.4, -0.2) is 80.5 Å². The quantitative estimate of drug-likeness (QED) is 0.161. The summed E-state index contributed by atoms with van der Waals surface area (Å²) < 4.78 is 6.09. The van der Waals surface area contributed by atoms with E-state index in [0.717, 1.165) is 29.6 Å². The topological polar surface area (TPSA) is 107 Å². The Kier molecular flexibility index (Phi) is 15.7. The van der Waals surface area contributed by atoms with E-state index in [1.54, 1.807) is 55.4 Å². The summed E-state index contributed by atoms with van der Waals surface area (Å²) in [5.41, 5.74) is 3.38. The average molecular weight is 739 g/mol. The predicted octanol–water partition coefficient (Wildman–Crippen LogP) is 7.08. The first-order valence-electron chi connectivity index (χ1n) is 14.7. The number of fused-ring (bicyclic) bond motifs is 1. The molecule has 0 spiro atoms. The highest BCUT2D eigenvalue weighted by Crippen LogP contribution is 2.35. The highest BCUT2D eigenvalue weighted by Gasteiger charge is 2.20. The van der Waals surface area contributed by atoms with Gasteiger partial charge >= 0.3 is 6.03 Å². The highest BCUT2D eigenvalue weighted by molar-refractivity contribution is 6.38. The van der Waals surface area contributed by atoms with Crippen molar-refractivity contribution in [2.75, 3.05) is 58.0 Å². The van der Waals surface area contributed by atoms with E-state index in [1.165, 1.54) is 4.90 Å². The van der Waals surface area contributed by atoms with Gasteiger partial charge in [-0.15, -0.1) is 24.8 Å². The van der Waals surface area contributed by atoms with Crippen molar-refractivity contribution in [3.63, 3.8) is 0 Å². The molecule has 1 aromatic heterocycles. The summed E-state index contributed by atoms with van der Waals surface area (Å²) in [6.07, 6.45) is 0.844. The Bertz CT molecular complexity index is 1740. The minimum atomic E-state index is -0.596. The van der Waals surface area contributed by atoms with Crippen LogP contribution in [0.25, 0.3) is 10.9 Å². The normalized spacial score (nSPS) is 10.5. The Labute approximate surface area is 303 Å². The predicted molar refractivity (Wildman–Crippen MR) is 199 cm³/mol. The third kappa shape index (κ3) is 10.6. The van der Waals surface area contributed by atoms with Crippen molar-refractivity contribution in [1.82, 2.24) is 20.1 Å². The van der Waals surface area contributed by atoms with Crippen molar-refractivity contribution < 1.29 is 19.1 Å². The number of carbonyl (C=O) groups is 3. The molecule has 4 aromatic rings. The molecule has 48 heavy (non-hydrogen) atoms. The van der Waals surface area contributed by atoms with Crippen molar-refractivity contribution >= 4 is 88.1 Å². The fraction of sp³-hybridized carbons (Fsp3) is 0.294. The van der Waals surface area contributed by atoms with Gasteiger partial charge in [0.05, 0.1) is 17.3 Å². The van der Waals surface area contributed by atoms with Gasteiger partial charge in [-0.3, -0.25) is 9.59 Å². The Morgan fingerprint density at radius 3 is 2.35 bits per heavy atom. The number of benzene rings is 3. The zero-order valence-electron chi connectivity index (χ0n) is 27.4. The van der Waals surface area contributed by atoms with E-state index in [-0.39, 0.29) is 48.9 Å². The summed E-state index contributed by atoms with van der Waals surface area (Å²) in [5, 5.41) is 6.83. The van der Waals surface area contributed by atoms with Crippen LogP contribution in [0.5, 0.6) is 5.75 Å². The van der Waals surface area contributed by atoms with Crippen LogP contribution in [0.15, 0.2) is 66.7 Å². The molecular formula is C34H40Cl4N6O4. The van der Waals surface area contributed by atoms with E-state index in [1.807, 2.05) is 51.4 Å². The number of likely N-dealkylation sites (N-methyl/N-ethyl adjacent to an activating group) is 1. The molecule has 0 saturated carbocycles. The zero-order valence-corrected chi connectivity index (χ0v) is 30.5. The van der Waals surface area contributed by atoms with Crippen molar-refractivity contribution in [1.29, 1.82) is 0 Å². The van der Waals surface area contributed by atoms with Crippen molar-refractivity contribution in [2.24, 2.45) is 0 Å². The number of carbonyl (C=O) groups excluding carboxylic acids is 3. The smallest absolute Gasteiger partial charge is 0.319 e. The van der Waals surface area contributed by atoms with Crippen LogP contribution >= 0.6 is 48.0 Å². The Morgan fingerprint density at radius 2 is 1.62 bits per heavy atom. The van der Waals surface area contributed by atoms with Gasteiger partial charge in [-0.2, -0.15) is 0 Å². The Morgan fingerprint density at radius 1 is 0.896 bits per heavy atom. The molecule has 0 atom stereocenters. The van der Waals surface area contributed by atoms with Crippen LogP contribution in [0.4, 0.5) is 16.2 Å². The van der Waals surface area contributed by atoms with Crippen LogP contribution in [0.1, 0.15) is 28.0 Å². The van der Waals surface area contributed by atoms with E-state index >= 15 is 0 Å². The van der Waals surface area contributed by atoms with E-state index in [2.05, 4.69) is 20.5 Å². The first-order chi connectivity index (χ1) is 21.9. The lowest BCUT2D eigenvalue weighted by molar-refractivity contribution is -0.117. The molecule has 10 nitrogen and oxygen atoms in total. The van der Waals surface area contributed by atoms with Crippen LogP contribution < -0.4 is 20.3 Å².